The molecule has 0 aromatic heterocycles. The number of benzene rings is 1. The second-order valence-corrected chi connectivity index (χ2v) is 6.19. The molecule has 0 heterocycles. The maximum atomic E-state index is 13.4. The fraction of sp³-hybridized carbons (Fsp3) is 0.455. The van der Waals surface area contributed by atoms with Crippen molar-refractivity contribution in [2.45, 2.75) is 36.6 Å². The zero-order valence-corrected chi connectivity index (χ0v) is 10.8. The van der Waals surface area contributed by atoms with Gasteiger partial charge in [-0.15, -0.1) is 0 Å². The van der Waals surface area contributed by atoms with E-state index in [9.17, 15) is 22.9 Å². The molecule has 0 saturated heterocycles. The van der Waals surface area contributed by atoms with Gasteiger partial charge in [0.15, 0.2) is 0 Å². The van der Waals surface area contributed by atoms with E-state index >= 15 is 0 Å². The number of hydrogen-bond donors (Lipinski definition) is 1. The average Bonchev–Trinajstić information content (AvgIpc) is 2.80. The van der Waals surface area contributed by atoms with Gasteiger partial charge in [-0.05, 0) is 18.9 Å². The first-order valence-electron chi connectivity index (χ1n) is 5.86. The van der Waals surface area contributed by atoms with Crippen LogP contribution in [0.5, 0.6) is 0 Å². The van der Waals surface area contributed by atoms with Crippen molar-refractivity contribution in [3.05, 3.63) is 34.1 Å². The summed E-state index contributed by atoms with van der Waals surface area (Å²) in [6.45, 7) is 0. The molecule has 0 atom stereocenters. The van der Waals surface area contributed by atoms with E-state index in [1.54, 1.807) is 0 Å². The highest BCUT2D eigenvalue weighted by Gasteiger charge is 2.25. The van der Waals surface area contributed by atoms with Crippen LogP contribution in [0, 0.1) is 15.9 Å². The van der Waals surface area contributed by atoms with Gasteiger partial charge in [0.1, 0.15) is 0 Å². The molecule has 0 aliphatic heterocycles. The third kappa shape index (κ3) is 3.07. The second kappa shape index (κ2) is 5.22. The minimum absolute atomic E-state index is 0.136. The summed E-state index contributed by atoms with van der Waals surface area (Å²) in [6.07, 6.45) is 3.44. The molecule has 19 heavy (non-hydrogen) atoms. The third-order valence-electron chi connectivity index (χ3n) is 3.10. The van der Waals surface area contributed by atoms with Crippen LogP contribution in [0.4, 0.5) is 10.1 Å². The van der Waals surface area contributed by atoms with E-state index in [4.69, 9.17) is 0 Å². The summed E-state index contributed by atoms with van der Waals surface area (Å²) in [6, 6.07) is 2.44. The maximum absolute atomic E-state index is 13.4. The standard InChI is InChI=1S/C11H13FN2O4S/c12-10-7-9(5-6-11(10)14(15)16)19(17,18)13-8-3-1-2-4-8/h5-8,13H,1-4H2. The number of nitro groups is 1. The highest BCUT2D eigenvalue weighted by molar-refractivity contribution is 7.89. The summed E-state index contributed by atoms with van der Waals surface area (Å²) in [5, 5.41) is 10.5. The number of halogens is 1. The van der Waals surface area contributed by atoms with Crippen LogP contribution >= 0.6 is 0 Å². The van der Waals surface area contributed by atoms with Gasteiger partial charge in [-0.3, -0.25) is 10.1 Å². The zero-order chi connectivity index (χ0) is 14.0. The van der Waals surface area contributed by atoms with E-state index in [0.717, 1.165) is 37.8 Å². The van der Waals surface area contributed by atoms with Gasteiger partial charge in [0.25, 0.3) is 0 Å². The zero-order valence-electron chi connectivity index (χ0n) is 10.0. The Morgan fingerprint density at radius 1 is 1.32 bits per heavy atom. The molecule has 1 aromatic carbocycles. The summed E-state index contributed by atoms with van der Waals surface area (Å²) in [5.74, 6) is -1.15. The third-order valence-corrected chi connectivity index (χ3v) is 4.62. The summed E-state index contributed by atoms with van der Waals surface area (Å²) in [4.78, 5) is 9.28. The molecule has 0 unspecified atom stereocenters. The number of rotatable bonds is 4. The Kier molecular flexibility index (Phi) is 3.81. The quantitative estimate of drug-likeness (QED) is 0.677. The van der Waals surface area contributed by atoms with Gasteiger partial charge >= 0.3 is 5.69 Å². The molecule has 6 nitrogen and oxygen atoms in total. The SMILES string of the molecule is O=[N+]([O-])c1ccc(S(=O)(=O)NC2CCCC2)cc1F. The molecule has 8 heteroatoms. The van der Waals surface area contributed by atoms with Crippen LogP contribution in [0.2, 0.25) is 0 Å². The molecule has 0 amide bonds. The molecule has 0 bridgehead atoms. The molecule has 2 rings (SSSR count). The van der Waals surface area contributed by atoms with E-state index in [1.165, 1.54) is 0 Å². The van der Waals surface area contributed by atoms with Crippen LogP contribution in [0.1, 0.15) is 25.7 Å². The van der Waals surface area contributed by atoms with Crippen molar-refractivity contribution < 1.29 is 17.7 Å². The van der Waals surface area contributed by atoms with Gasteiger partial charge in [-0.1, -0.05) is 12.8 Å². The van der Waals surface area contributed by atoms with Crippen molar-refractivity contribution in [1.82, 2.24) is 4.72 Å². The number of hydrogen-bond acceptors (Lipinski definition) is 4. The lowest BCUT2D eigenvalue weighted by molar-refractivity contribution is -0.387. The van der Waals surface area contributed by atoms with Gasteiger partial charge in [0.2, 0.25) is 15.8 Å². The van der Waals surface area contributed by atoms with Gasteiger partial charge in [0, 0.05) is 18.2 Å². The Morgan fingerprint density at radius 2 is 1.95 bits per heavy atom. The highest BCUT2D eigenvalue weighted by atomic mass is 32.2. The Hall–Kier alpha value is -1.54. The first-order valence-corrected chi connectivity index (χ1v) is 7.35. The van der Waals surface area contributed by atoms with E-state index in [2.05, 4.69) is 4.72 Å². The van der Waals surface area contributed by atoms with Crippen LogP contribution in [0.25, 0.3) is 0 Å². The summed E-state index contributed by atoms with van der Waals surface area (Å²) < 4.78 is 39.8. The summed E-state index contributed by atoms with van der Waals surface area (Å²) >= 11 is 0. The molecule has 104 valence electrons. The van der Waals surface area contributed by atoms with Crippen LogP contribution in [-0.4, -0.2) is 19.4 Å². The molecule has 1 saturated carbocycles. The van der Waals surface area contributed by atoms with Crippen molar-refractivity contribution in [3.63, 3.8) is 0 Å². The highest BCUT2D eigenvalue weighted by Crippen LogP contribution is 2.23. The monoisotopic (exact) mass is 288 g/mol. The lowest BCUT2D eigenvalue weighted by atomic mass is 10.3. The number of nitrogens with one attached hydrogen (secondary N) is 1. The minimum Gasteiger partial charge on any atom is -0.258 e. The van der Waals surface area contributed by atoms with Gasteiger partial charge in [-0.2, -0.15) is 4.39 Å². The number of nitro benzene ring substituents is 1. The lowest BCUT2D eigenvalue weighted by Gasteiger charge is -2.12. The molecular formula is C11H13FN2O4S. The Labute approximate surface area is 109 Å². The molecule has 0 radical (unpaired) electrons. The van der Waals surface area contributed by atoms with Gasteiger partial charge < -0.3 is 0 Å². The number of nitrogens with zero attached hydrogens (tertiary/aromatic N) is 1. The van der Waals surface area contributed by atoms with Crippen molar-refractivity contribution >= 4 is 15.7 Å². The minimum atomic E-state index is -3.82. The fourth-order valence-electron chi connectivity index (χ4n) is 2.13. The lowest BCUT2D eigenvalue weighted by Crippen LogP contribution is -2.32. The van der Waals surface area contributed by atoms with E-state index in [-0.39, 0.29) is 10.9 Å². The van der Waals surface area contributed by atoms with Crippen molar-refractivity contribution in [1.29, 1.82) is 0 Å². The first-order chi connectivity index (χ1) is 8.90. The molecule has 1 N–H and O–H groups in total. The Bertz CT molecular complexity index is 597. The van der Waals surface area contributed by atoms with Crippen molar-refractivity contribution in [2.75, 3.05) is 0 Å². The summed E-state index contributed by atoms with van der Waals surface area (Å²) in [5.41, 5.74) is -0.736. The van der Waals surface area contributed by atoms with Crippen LogP contribution in [0.3, 0.4) is 0 Å². The molecule has 1 aliphatic rings. The number of sulfonamides is 1. The topological polar surface area (TPSA) is 89.3 Å². The molecular weight excluding hydrogens is 275 g/mol. The largest absolute Gasteiger partial charge is 0.304 e. The average molecular weight is 288 g/mol. The van der Waals surface area contributed by atoms with E-state index < -0.39 is 26.5 Å². The molecule has 1 aromatic rings. The van der Waals surface area contributed by atoms with Gasteiger partial charge in [-0.25, -0.2) is 13.1 Å². The normalized spacial score (nSPS) is 16.7. The fourth-order valence-corrected chi connectivity index (χ4v) is 3.45. The second-order valence-electron chi connectivity index (χ2n) is 4.47. The summed E-state index contributed by atoms with van der Waals surface area (Å²) in [7, 11) is -3.82. The van der Waals surface area contributed by atoms with Crippen molar-refractivity contribution in [2.24, 2.45) is 0 Å². The predicted octanol–water partition coefficient (Wildman–Crippen LogP) is 1.95. The maximum Gasteiger partial charge on any atom is 0.304 e. The van der Waals surface area contributed by atoms with Crippen LogP contribution in [0.15, 0.2) is 23.1 Å². The first kappa shape index (κ1) is 13.9. The molecule has 0 spiro atoms. The molecule has 1 aliphatic carbocycles. The van der Waals surface area contributed by atoms with Crippen LogP contribution < -0.4 is 4.72 Å². The smallest absolute Gasteiger partial charge is 0.258 e. The van der Waals surface area contributed by atoms with Crippen molar-refractivity contribution in [3.8, 4) is 0 Å². The van der Waals surface area contributed by atoms with Crippen LogP contribution in [-0.2, 0) is 10.0 Å². The van der Waals surface area contributed by atoms with E-state index in [0.29, 0.717) is 6.07 Å². The van der Waals surface area contributed by atoms with E-state index in [1.807, 2.05) is 0 Å². The van der Waals surface area contributed by atoms with Gasteiger partial charge in [0.05, 0.1) is 9.82 Å². The Morgan fingerprint density at radius 3 is 2.47 bits per heavy atom. The predicted molar refractivity (Wildman–Crippen MR) is 65.6 cm³/mol. The molecule has 1 fully saturated rings. The Balaban J connectivity index is 2.25.